The molecule has 164 valence electrons. The number of carbonyl (C=O) groups excluding carboxylic acids is 1. The number of rotatable bonds is 7. The van der Waals surface area contributed by atoms with Gasteiger partial charge in [0.15, 0.2) is 0 Å². The molecule has 2 N–H and O–H groups in total. The molecule has 0 unspecified atom stereocenters. The van der Waals surface area contributed by atoms with Crippen molar-refractivity contribution in [2.45, 2.75) is 31.3 Å². The van der Waals surface area contributed by atoms with Crippen molar-refractivity contribution in [2.75, 3.05) is 30.9 Å². The van der Waals surface area contributed by atoms with Crippen LogP contribution < -0.4 is 14.9 Å². The molecule has 2 aromatic rings. The Morgan fingerprint density at radius 2 is 1.73 bits per heavy atom. The van der Waals surface area contributed by atoms with Gasteiger partial charge in [0.25, 0.3) is 0 Å². The van der Waals surface area contributed by atoms with E-state index in [1.165, 1.54) is 12.1 Å². The van der Waals surface area contributed by atoms with Crippen molar-refractivity contribution in [1.29, 1.82) is 0 Å². The topological polar surface area (TPSA) is 78.5 Å². The van der Waals surface area contributed by atoms with Crippen molar-refractivity contribution in [3.63, 3.8) is 0 Å². The maximum atomic E-state index is 13.0. The van der Waals surface area contributed by atoms with E-state index < -0.39 is 27.7 Å². The van der Waals surface area contributed by atoms with Crippen LogP contribution >= 0.6 is 0 Å². The zero-order valence-corrected chi connectivity index (χ0v) is 17.9. The number of amides is 1. The van der Waals surface area contributed by atoms with Crippen molar-refractivity contribution < 1.29 is 26.4 Å². The molecule has 0 atom stereocenters. The van der Waals surface area contributed by atoms with E-state index >= 15 is 0 Å². The number of aryl methyl sites for hydroxylation is 2. The van der Waals surface area contributed by atoms with E-state index in [4.69, 9.17) is 0 Å². The first-order chi connectivity index (χ1) is 13.8. The normalized spacial score (nSPS) is 12.0. The Hall–Kier alpha value is -2.59. The molecular weight excluding hydrogens is 419 g/mol. The van der Waals surface area contributed by atoms with Crippen LogP contribution in [-0.2, 0) is 21.0 Å². The van der Waals surface area contributed by atoms with E-state index in [1.54, 1.807) is 45.0 Å². The van der Waals surface area contributed by atoms with Crippen molar-refractivity contribution in [2.24, 2.45) is 0 Å². The van der Waals surface area contributed by atoms with Gasteiger partial charge in [0.2, 0.25) is 15.9 Å². The first-order valence-electron chi connectivity index (χ1n) is 9.06. The molecule has 0 aliphatic carbocycles. The smallest absolute Gasteiger partial charge is 0.376 e. The van der Waals surface area contributed by atoms with Crippen LogP contribution in [0.1, 0.15) is 23.1 Å². The van der Waals surface area contributed by atoms with E-state index in [1.807, 2.05) is 0 Å². The summed E-state index contributed by atoms with van der Waals surface area (Å²) < 4.78 is 66.3. The molecule has 0 aliphatic heterocycles. The average molecular weight is 443 g/mol. The fraction of sp³-hybridized carbons (Fsp3) is 0.350. The highest BCUT2D eigenvalue weighted by Gasteiger charge is 2.31. The standard InChI is InChI=1S/C20H24F3N3O3S/c1-13-5-6-14(2)18(11-13)30(28,29)24-10-9-19(27)25-16-12-15(20(21,22)23)7-8-17(16)26(3)4/h5-8,11-12,24H,9-10H2,1-4H3,(H,25,27). The van der Waals surface area contributed by atoms with E-state index in [0.29, 0.717) is 11.3 Å². The molecule has 0 aliphatic rings. The molecule has 0 fully saturated rings. The second kappa shape index (κ2) is 9.05. The van der Waals surface area contributed by atoms with Crippen molar-refractivity contribution in [3.8, 4) is 0 Å². The SMILES string of the molecule is Cc1ccc(C)c(S(=O)(=O)NCCC(=O)Nc2cc(C(F)(F)F)ccc2N(C)C)c1. The number of hydrogen-bond acceptors (Lipinski definition) is 4. The van der Waals surface area contributed by atoms with Gasteiger partial charge in [-0.1, -0.05) is 12.1 Å². The lowest BCUT2D eigenvalue weighted by Crippen LogP contribution is -2.28. The molecule has 0 bridgehead atoms. The van der Waals surface area contributed by atoms with Gasteiger partial charge in [0, 0.05) is 27.1 Å². The van der Waals surface area contributed by atoms with Gasteiger partial charge in [-0.25, -0.2) is 13.1 Å². The number of carbonyl (C=O) groups is 1. The molecular formula is C20H24F3N3O3S. The number of benzene rings is 2. The summed E-state index contributed by atoms with van der Waals surface area (Å²) in [6, 6.07) is 8.06. The highest BCUT2D eigenvalue weighted by molar-refractivity contribution is 7.89. The molecule has 0 aromatic heterocycles. The molecule has 0 spiro atoms. The van der Waals surface area contributed by atoms with Gasteiger partial charge in [0.1, 0.15) is 0 Å². The second-order valence-corrected chi connectivity index (χ2v) is 8.82. The minimum Gasteiger partial charge on any atom is -0.376 e. The highest BCUT2D eigenvalue weighted by Crippen LogP contribution is 2.35. The van der Waals surface area contributed by atoms with Crippen molar-refractivity contribution in [3.05, 3.63) is 53.1 Å². The van der Waals surface area contributed by atoms with Gasteiger partial charge < -0.3 is 10.2 Å². The van der Waals surface area contributed by atoms with Crippen LogP contribution in [0.2, 0.25) is 0 Å². The molecule has 6 nitrogen and oxygen atoms in total. The van der Waals surface area contributed by atoms with Gasteiger partial charge in [-0.3, -0.25) is 4.79 Å². The first kappa shape index (κ1) is 23.7. The molecule has 10 heteroatoms. The summed E-state index contributed by atoms with van der Waals surface area (Å²) >= 11 is 0. The van der Waals surface area contributed by atoms with Gasteiger partial charge in [-0.15, -0.1) is 0 Å². The third-order valence-corrected chi connectivity index (χ3v) is 5.96. The third-order valence-electron chi connectivity index (χ3n) is 4.36. The highest BCUT2D eigenvalue weighted by atomic mass is 32.2. The lowest BCUT2D eigenvalue weighted by molar-refractivity contribution is -0.137. The Labute approximate surface area is 174 Å². The first-order valence-corrected chi connectivity index (χ1v) is 10.5. The summed E-state index contributed by atoms with van der Waals surface area (Å²) in [5.74, 6) is -0.610. The number of nitrogens with zero attached hydrogens (tertiary/aromatic N) is 1. The summed E-state index contributed by atoms with van der Waals surface area (Å²) in [6.45, 7) is 3.23. The number of sulfonamides is 1. The fourth-order valence-electron chi connectivity index (χ4n) is 2.79. The minimum atomic E-state index is -4.55. The Morgan fingerprint density at radius 1 is 1.07 bits per heavy atom. The molecule has 2 rings (SSSR count). The Bertz CT molecular complexity index is 1040. The molecule has 2 aromatic carbocycles. The van der Waals surface area contributed by atoms with Gasteiger partial charge >= 0.3 is 6.18 Å². The monoisotopic (exact) mass is 443 g/mol. The fourth-order valence-corrected chi connectivity index (χ4v) is 4.15. The molecule has 0 saturated heterocycles. The van der Waals surface area contributed by atoms with Crippen LogP contribution in [0, 0.1) is 13.8 Å². The van der Waals surface area contributed by atoms with Crippen LogP contribution in [0.15, 0.2) is 41.3 Å². The maximum Gasteiger partial charge on any atom is 0.416 e. The summed E-state index contributed by atoms with van der Waals surface area (Å²) in [5.41, 5.74) is 0.847. The average Bonchev–Trinajstić information content (AvgIpc) is 2.62. The number of alkyl halides is 3. The Balaban J connectivity index is 2.08. The Morgan fingerprint density at radius 3 is 2.33 bits per heavy atom. The lowest BCUT2D eigenvalue weighted by Gasteiger charge is -2.20. The maximum absolute atomic E-state index is 13.0. The molecule has 0 radical (unpaired) electrons. The molecule has 0 saturated carbocycles. The van der Waals surface area contributed by atoms with E-state index in [2.05, 4.69) is 10.0 Å². The lowest BCUT2D eigenvalue weighted by atomic mass is 10.1. The summed E-state index contributed by atoms with van der Waals surface area (Å²) in [5, 5.41) is 2.44. The van der Waals surface area contributed by atoms with Crippen molar-refractivity contribution in [1.82, 2.24) is 4.72 Å². The van der Waals surface area contributed by atoms with Crippen LogP contribution in [0.4, 0.5) is 24.5 Å². The van der Waals surface area contributed by atoms with Gasteiger partial charge in [0.05, 0.1) is 21.8 Å². The summed E-state index contributed by atoms with van der Waals surface area (Å²) in [7, 11) is -0.546. The zero-order chi connectivity index (χ0) is 22.7. The van der Waals surface area contributed by atoms with Crippen LogP contribution in [0.3, 0.4) is 0 Å². The summed E-state index contributed by atoms with van der Waals surface area (Å²) in [4.78, 5) is 13.9. The van der Waals surface area contributed by atoms with Gasteiger partial charge in [-0.05, 0) is 49.2 Å². The van der Waals surface area contributed by atoms with E-state index in [0.717, 1.165) is 17.7 Å². The largest absolute Gasteiger partial charge is 0.416 e. The summed E-state index contributed by atoms with van der Waals surface area (Å²) in [6.07, 6.45) is -4.79. The van der Waals surface area contributed by atoms with E-state index in [-0.39, 0.29) is 23.5 Å². The zero-order valence-electron chi connectivity index (χ0n) is 17.1. The number of nitrogens with one attached hydrogen (secondary N) is 2. The predicted molar refractivity (Wildman–Crippen MR) is 110 cm³/mol. The molecule has 0 heterocycles. The van der Waals surface area contributed by atoms with Crippen LogP contribution in [-0.4, -0.2) is 35.0 Å². The minimum absolute atomic E-state index is 0.00258. The molecule has 1 amide bonds. The van der Waals surface area contributed by atoms with Crippen LogP contribution in [0.5, 0.6) is 0 Å². The molecule has 30 heavy (non-hydrogen) atoms. The third kappa shape index (κ3) is 5.96. The quantitative estimate of drug-likeness (QED) is 0.684. The number of halogens is 3. The van der Waals surface area contributed by atoms with Crippen LogP contribution in [0.25, 0.3) is 0 Å². The predicted octanol–water partition coefficient (Wildman–Crippen LogP) is 3.70. The number of hydrogen-bond donors (Lipinski definition) is 2. The second-order valence-electron chi connectivity index (χ2n) is 7.09. The number of anilines is 2. The Kier molecular flexibility index (Phi) is 7.14. The van der Waals surface area contributed by atoms with E-state index in [9.17, 15) is 26.4 Å². The van der Waals surface area contributed by atoms with Gasteiger partial charge in [-0.2, -0.15) is 13.2 Å². The van der Waals surface area contributed by atoms with Crippen molar-refractivity contribution >= 4 is 27.3 Å².